The van der Waals surface area contributed by atoms with Gasteiger partial charge in [-0.3, -0.25) is 14.4 Å². The van der Waals surface area contributed by atoms with Crippen LogP contribution in [0.2, 0.25) is 0 Å². The maximum absolute atomic E-state index is 12.1. The Hall–Kier alpha value is -2.37. The summed E-state index contributed by atoms with van der Waals surface area (Å²) in [5, 5.41) is 0. The SMILES string of the molecule is CCN(CC(=O)OC)C(=O)c1ccc(C(N)=O)cc1. The molecule has 1 rings (SSSR count). The number of carbonyl (C=O) groups excluding carboxylic acids is 3. The second kappa shape index (κ2) is 6.53. The van der Waals surface area contributed by atoms with Crippen LogP contribution in [0.4, 0.5) is 0 Å². The number of rotatable bonds is 5. The predicted molar refractivity (Wildman–Crippen MR) is 68.6 cm³/mol. The van der Waals surface area contributed by atoms with Gasteiger partial charge in [0.2, 0.25) is 5.91 Å². The number of methoxy groups -OCH3 is 1. The Morgan fingerprint density at radius 2 is 1.68 bits per heavy atom. The van der Waals surface area contributed by atoms with Gasteiger partial charge in [0.15, 0.2) is 0 Å². The van der Waals surface area contributed by atoms with Crippen molar-refractivity contribution in [1.82, 2.24) is 4.90 Å². The first-order chi connectivity index (χ1) is 8.99. The summed E-state index contributed by atoms with van der Waals surface area (Å²) >= 11 is 0. The first kappa shape index (κ1) is 14.7. The molecule has 2 amide bonds. The number of nitrogens with zero attached hydrogens (tertiary/aromatic N) is 1. The third-order valence-corrected chi connectivity index (χ3v) is 2.63. The summed E-state index contributed by atoms with van der Waals surface area (Å²) in [4.78, 5) is 35.6. The van der Waals surface area contributed by atoms with Crippen molar-refractivity contribution in [3.8, 4) is 0 Å². The monoisotopic (exact) mass is 264 g/mol. The molecule has 0 atom stereocenters. The molecule has 102 valence electrons. The lowest BCUT2D eigenvalue weighted by atomic mass is 10.1. The van der Waals surface area contributed by atoms with E-state index in [1.165, 1.54) is 36.3 Å². The third-order valence-electron chi connectivity index (χ3n) is 2.63. The largest absolute Gasteiger partial charge is 0.468 e. The molecule has 0 aliphatic heterocycles. The van der Waals surface area contributed by atoms with Crippen LogP contribution >= 0.6 is 0 Å². The van der Waals surface area contributed by atoms with Gasteiger partial charge >= 0.3 is 5.97 Å². The van der Waals surface area contributed by atoms with E-state index in [0.717, 1.165) is 0 Å². The molecule has 6 nitrogen and oxygen atoms in total. The lowest BCUT2D eigenvalue weighted by molar-refractivity contribution is -0.141. The van der Waals surface area contributed by atoms with Crippen molar-refractivity contribution >= 4 is 17.8 Å². The summed E-state index contributed by atoms with van der Waals surface area (Å²) in [7, 11) is 1.27. The van der Waals surface area contributed by atoms with E-state index in [2.05, 4.69) is 4.74 Å². The van der Waals surface area contributed by atoms with E-state index >= 15 is 0 Å². The Morgan fingerprint density at radius 3 is 2.11 bits per heavy atom. The Kier molecular flexibility index (Phi) is 5.05. The van der Waals surface area contributed by atoms with Crippen LogP contribution in [-0.2, 0) is 9.53 Å². The molecular formula is C13H16N2O4. The zero-order chi connectivity index (χ0) is 14.4. The van der Waals surface area contributed by atoms with Gasteiger partial charge in [0, 0.05) is 17.7 Å². The van der Waals surface area contributed by atoms with E-state index in [1.807, 2.05) is 0 Å². The fourth-order valence-corrected chi connectivity index (χ4v) is 1.51. The standard InChI is InChI=1S/C13H16N2O4/c1-3-15(8-11(16)19-2)13(18)10-6-4-9(5-7-10)12(14)17/h4-7H,3,8H2,1-2H3,(H2,14,17). The average Bonchev–Trinajstić information content (AvgIpc) is 2.43. The van der Waals surface area contributed by atoms with Crippen LogP contribution in [0.3, 0.4) is 0 Å². The number of likely N-dealkylation sites (N-methyl/N-ethyl adjacent to an activating group) is 1. The van der Waals surface area contributed by atoms with Gasteiger partial charge in [0.25, 0.3) is 5.91 Å². The minimum absolute atomic E-state index is 0.108. The third kappa shape index (κ3) is 3.80. The molecule has 0 saturated heterocycles. The van der Waals surface area contributed by atoms with E-state index in [9.17, 15) is 14.4 Å². The van der Waals surface area contributed by atoms with Crippen LogP contribution < -0.4 is 5.73 Å². The fraction of sp³-hybridized carbons (Fsp3) is 0.308. The molecule has 0 bridgehead atoms. The molecule has 0 aliphatic carbocycles. The predicted octanol–water partition coefficient (Wildman–Crippen LogP) is 0.421. The van der Waals surface area contributed by atoms with Gasteiger partial charge in [-0.15, -0.1) is 0 Å². The minimum Gasteiger partial charge on any atom is -0.468 e. The number of benzene rings is 1. The molecule has 1 aromatic carbocycles. The van der Waals surface area contributed by atoms with Gasteiger partial charge in [-0.2, -0.15) is 0 Å². The zero-order valence-corrected chi connectivity index (χ0v) is 10.9. The Labute approximate surface area is 111 Å². The lowest BCUT2D eigenvalue weighted by Gasteiger charge is -2.19. The first-order valence-corrected chi connectivity index (χ1v) is 5.75. The Balaban J connectivity index is 2.85. The molecule has 0 unspecified atom stereocenters. The van der Waals surface area contributed by atoms with Gasteiger partial charge in [-0.05, 0) is 31.2 Å². The van der Waals surface area contributed by atoms with Crippen LogP contribution in [0.25, 0.3) is 0 Å². The van der Waals surface area contributed by atoms with E-state index in [4.69, 9.17) is 5.73 Å². The summed E-state index contributed by atoms with van der Waals surface area (Å²) in [5.74, 6) is -1.34. The highest BCUT2D eigenvalue weighted by atomic mass is 16.5. The number of nitrogens with two attached hydrogens (primary N) is 1. The van der Waals surface area contributed by atoms with Gasteiger partial charge in [-0.1, -0.05) is 0 Å². The molecule has 0 radical (unpaired) electrons. The average molecular weight is 264 g/mol. The molecule has 0 saturated carbocycles. The van der Waals surface area contributed by atoms with Crippen LogP contribution in [-0.4, -0.2) is 42.9 Å². The van der Waals surface area contributed by atoms with Crippen molar-refractivity contribution in [2.75, 3.05) is 20.2 Å². The topological polar surface area (TPSA) is 89.7 Å². The highest BCUT2D eigenvalue weighted by Crippen LogP contribution is 2.07. The lowest BCUT2D eigenvalue weighted by Crippen LogP contribution is -2.36. The van der Waals surface area contributed by atoms with Crippen molar-refractivity contribution in [2.24, 2.45) is 5.73 Å². The normalized spacial score (nSPS) is 9.79. The van der Waals surface area contributed by atoms with E-state index in [0.29, 0.717) is 17.7 Å². The molecule has 1 aromatic rings. The maximum Gasteiger partial charge on any atom is 0.325 e. The number of hydrogen-bond donors (Lipinski definition) is 1. The van der Waals surface area contributed by atoms with Crippen LogP contribution in [0.1, 0.15) is 27.6 Å². The molecular weight excluding hydrogens is 248 g/mol. The molecule has 0 heterocycles. The quantitative estimate of drug-likeness (QED) is 0.780. The summed E-state index contributed by atoms with van der Waals surface area (Å²) < 4.78 is 4.53. The number of esters is 1. The summed E-state index contributed by atoms with van der Waals surface area (Å²) in [6, 6.07) is 5.95. The summed E-state index contributed by atoms with van der Waals surface area (Å²) in [5.41, 5.74) is 5.83. The minimum atomic E-state index is -0.555. The summed E-state index contributed by atoms with van der Waals surface area (Å²) in [6.45, 7) is 2.04. The van der Waals surface area contributed by atoms with Crippen molar-refractivity contribution in [1.29, 1.82) is 0 Å². The van der Waals surface area contributed by atoms with Gasteiger partial charge < -0.3 is 15.4 Å². The number of amides is 2. The number of primary amides is 1. The van der Waals surface area contributed by atoms with E-state index in [-0.39, 0.29) is 12.5 Å². The Morgan fingerprint density at radius 1 is 1.16 bits per heavy atom. The first-order valence-electron chi connectivity index (χ1n) is 5.75. The fourth-order valence-electron chi connectivity index (χ4n) is 1.51. The smallest absolute Gasteiger partial charge is 0.325 e. The van der Waals surface area contributed by atoms with Gasteiger partial charge in [0.1, 0.15) is 6.54 Å². The highest BCUT2D eigenvalue weighted by molar-refractivity contribution is 5.98. The van der Waals surface area contributed by atoms with Crippen molar-refractivity contribution in [2.45, 2.75) is 6.92 Å². The van der Waals surface area contributed by atoms with Crippen LogP contribution in [0, 0.1) is 0 Å². The van der Waals surface area contributed by atoms with Gasteiger partial charge in [0.05, 0.1) is 7.11 Å². The summed E-state index contributed by atoms with van der Waals surface area (Å²) in [6.07, 6.45) is 0. The molecule has 0 spiro atoms. The van der Waals surface area contributed by atoms with Gasteiger partial charge in [-0.25, -0.2) is 0 Å². The van der Waals surface area contributed by atoms with Crippen LogP contribution in [0.5, 0.6) is 0 Å². The molecule has 6 heteroatoms. The molecule has 0 aromatic heterocycles. The van der Waals surface area contributed by atoms with E-state index < -0.39 is 11.9 Å². The van der Waals surface area contributed by atoms with Crippen molar-refractivity contribution < 1.29 is 19.1 Å². The second-order valence-corrected chi connectivity index (χ2v) is 3.84. The Bertz CT molecular complexity index is 482. The number of carbonyl (C=O) groups is 3. The number of hydrogen-bond acceptors (Lipinski definition) is 4. The van der Waals surface area contributed by atoms with E-state index in [1.54, 1.807) is 6.92 Å². The molecule has 19 heavy (non-hydrogen) atoms. The number of ether oxygens (including phenoxy) is 1. The second-order valence-electron chi connectivity index (χ2n) is 3.84. The molecule has 0 fully saturated rings. The van der Waals surface area contributed by atoms with Crippen molar-refractivity contribution in [3.05, 3.63) is 35.4 Å². The maximum atomic E-state index is 12.1. The zero-order valence-electron chi connectivity index (χ0n) is 10.9. The highest BCUT2D eigenvalue weighted by Gasteiger charge is 2.17. The molecule has 2 N–H and O–H groups in total. The van der Waals surface area contributed by atoms with Crippen molar-refractivity contribution in [3.63, 3.8) is 0 Å². The van der Waals surface area contributed by atoms with Crippen LogP contribution in [0.15, 0.2) is 24.3 Å². The molecule has 0 aliphatic rings.